The Morgan fingerprint density at radius 2 is 1.25 bits per heavy atom. The maximum Gasteiger partial charge on any atom is 0.200 e. The van der Waals surface area contributed by atoms with Crippen molar-refractivity contribution in [2.45, 2.75) is 116 Å². The SMILES string of the molecule is CC(C)[Si](OC[C@H]1OC=C[C@@H](O[Si](C)(C)C)[C@@H]1O[Si](C)(C)C)(C(C)C)C(C)C. The summed E-state index contributed by atoms with van der Waals surface area (Å²) < 4.78 is 26.0. The topological polar surface area (TPSA) is 36.9 Å². The zero-order chi connectivity index (χ0) is 21.9. The molecule has 28 heavy (non-hydrogen) atoms. The number of ether oxygens (including phenoxy) is 1. The molecule has 0 radical (unpaired) electrons. The average molecular weight is 447 g/mol. The van der Waals surface area contributed by atoms with E-state index >= 15 is 0 Å². The largest absolute Gasteiger partial charge is 0.493 e. The van der Waals surface area contributed by atoms with Crippen LogP contribution in [0.4, 0.5) is 0 Å². The summed E-state index contributed by atoms with van der Waals surface area (Å²) >= 11 is 0. The molecular formula is C21H46O4Si3. The molecule has 1 aliphatic rings. The van der Waals surface area contributed by atoms with Crippen molar-refractivity contribution in [1.82, 2.24) is 0 Å². The predicted octanol–water partition coefficient (Wildman–Crippen LogP) is 6.53. The predicted molar refractivity (Wildman–Crippen MR) is 127 cm³/mol. The number of hydrogen-bond acceptors (Lipinski definition) is 4. The molecule has 4 nitrogen and oxygen atoms in total. The molecule has 0 amide bonds. The highest BCUT2D eigenvalue weighted by Gasteiger charge is 2.47. The zero-order valence-electron chi connectivity index (χ0n) is 20.5. The van der Waals surface area contributed by atoms with E-state index in [1.807, 2.05) is 6.08 Å². The Morgan fingerprint density at radius 1 is 0.786 bits per heavy atom. The van der Waals surface area contributed by atoms with Gasteiger partial charge in [-0.15, -0.1) is 0 Å². The minimum atomic E-state index is -1.95. The number of hydrogen-bond donors (Lipinski definition) is 0. The summed E-state index contributed by atoms with van der Waals surface area (Å²) in [6, 6.07) is 0. The second-order valence-electron chi connectivity index (χ2n) is 11.0. The molecular weight excluding hydrogens is 400 g/mol. The minimum Gasteiger partial charge on any atom is -0.493 e. The highest BCUT2D eigenvalue weighted by atomic mass is 28.4. The maximum atomic E-state index is 6.85. The molecule has 0 aromatic heterocycles. The Morgan fingerprint density at radius 3 is 1.64 bits per heavy atom. The monoisotopic (exact) mass is 446 g/mol. The Balaban J connectivity index is 3.09. The van der Waals surface area contributed by atoms with Crippen molar-refractivity contribution >= 4 is 25.0 Å². The van der Waals surface area contributed by atoms with Crippen LogP contribution in [0.15, 0.2) is 12.3 Å². The molecule has 0 fully saturated rings. The van der Waals surface area contributed by atoms with Gasteiger partial charge in [-0.1, -0.05) is 41.5 Å². The molecule has 1 rings (SSSR count). The van der Waals surface area contributed by atoms with E-state index in [4.69, 9.17) is 18.0 Å². The lowest BCUT2D eigenvalue weighted by Crippen LogP contribution is -2.55. The van der Waals surface area contributed by atoms with Gasteiger partial charge in [0.25, 0.3) is 0 Å². The van der Waals surface area contributed by atoms with Gasteiger partial charge in [-0.25, -0.2) is 0 Å². The van der Waals surface area contributed by atoms with E-state index in [-0.39, 0.29) is 18.3 Å². The third-order valence-electron chi connectivity index (χ3n) is 5.40. The molecule has 3 atom stereocenters. The number of rotatable bonds is 10. The molecule has 0 unspecified atom stereocenters. The van der Waals surface area contributed by atoms with Crippen LogP contribution in [0.3, 0.4) is 0 Å². The zero-order valence-corrected chi connectivity index (χ0v) is 23.5. The molecule has 166 valence electrons. The van der Waals surface area contributed by atoms with E-state index in [2.05, 4.69) is 80.8 Å². The van der Waals surface area contributed by atoms with E-state index < -0.39 is 25.0 Å². The van der Waals surface area contributed by atoms with Crippen molar-refractivity contribution < 1.29 is 18.0 Å². The van der Waals surface area contributed by atoms with Gasteiger partial charge in [0.15, 0.2) is 16.6 Å². The van der Waals surface area contributed by atoms with Gasteiger partial charge < -0.3 is 18.0 Å². The molecule has 0 aromatic rings. The summed E-state index contributed by atoms with van der Waals surface area (Å²) in [5.74, 6) is 0. The second kappa shape index (κ2) is 9.92. The molecule has 0 saturated carbocycles. The van der Waals surface area contributed by atoms with E-state index in [0.717, 1.165) is 0 Å². The Hall–Kier alpha value is 0.0706. The van der Waals surface area contributed by atoms with Crippen LogP contribution in [0.5, 0.6) is 0 Å². The minimum absolute atomic E-state index is 0.0611. The lowest BCUT2D eigenvalue weighted by molar-refractivity contribution is -0.0652. The fourth-order valence-corrected chi connectivity index (χ4v) is 12.1. The molecule has 1 aliphatic heterocycles. The van der Waals surface area contributed by atoms with E-state index in [1.165, 1.54) is 0 Å². The van der Waals surface area contributed by atoms with Gasteiger partial charge in [-0.3, -0.25) is 0 Å². The van der Waals surface area contributed by atoms with E-state index in [0.29, 0.717) is 23.2 Å². The fraction of sp³-hybridized carbons (Fsp3) is 0.905. The lowest BCUT2D eigenvalue weighted by atomic mass is 10.1. The lowest BCUT2D eigenvalue weighted by Gasteiger charge is -2.45. The van der Waals surface area contributed by atoms with Crippen LogP contribution in [0.2, 0.25) is 55.9 Å². The van der Waals surface area contributed by atoms with Crippen LogP contribution < -0.4 is 0 Å². The molecule has 0 N–H and O–H groups in total. The van der Waals surface area contributed by atoms with Gasteiger partial charge in [0.05, 0.1) is 19.0 Å². The molecule has 0 spiro atoms. The van der Waals surface area contributed by atoms with Crippen molar-refractivity contribution in [3.8, 4) is 0 Å². The highest BCUT2D eigenvalue weighted by molar-refractivity contribution is 6.77. The van der Waals surface area contributed by atoms with Crippen LogP contribution in [0, 0.1) is 0 Å². The first-order valence-corrected chi connectivity index (χ1v) is 19.9. The molecule has 0 aromatic carbocycles. The molecule has 7 heteroatoms. The quantitative estimate of drug-likeness (QED) is 0.357. The van der Waals surface area contributed by atoms with Gasteiger partial charge in [0, 0.05) is 0 Å². The first-order chi connectivity index (χ1) is 12.6. The van der Waals surface area contributed by atoms with Gasteiger partial charge in [-0.05, 0) is 62.0 Å². The van der Waals surface area contributed by atoms with Gasteiger partial charge in [0.2, 0.25) is 8.32 Å². The van der Waals surface area contributed by atoms with Crippen LogP contribution in [-0.4, -0.2) is 49.9 Å². The molecule has 0 aliphatic carbocycles. The first-order valence-electron chi connectivity index (χ1n) is 10.9. The van der Waals surface area contributed by atoms with Gasteiger partial charge >= 0.3 is 0 Å². The average Bonchev–Trinajstić information content (AvgIpc) is 2.46. The fourth-order valence-electron chi connectivity index (χ4n) is 4.55. The Labute approximate surface area is 177 Å². The Kier molecular flexibility index (Phi) is 9.25. The van der Waals surface area contributed by atoms with Gasteiger partial charge in [-0.2, -0.15) is 0 Å². The Bertz CT molecular complexity index is 485. The summed E-state index contributed by atoms with van der Waals surface area (Å²) in [7, 11) is -5.42. The second-order valence-corrected chi connectivity index (χ2v) is 25.4. The molecule has 1 heterocycles. The summed E-state index contributed by atoms with van der Waals surface area (Å²) in [6.45, 7) is 27.8. The first kappa shape index (κ1) is 26.1. The van der Waals surface area contributed by atoms with E-state index in [1.54, 1.807) is 6.26 Å². The summed E-state index contributed by atoms with van der Waals surface area (Å²) in [5.41, 5.74) is 1.66. The van der Waals surface area contributed by atoms with Crippen molar-refractivity contribution in [3.63, 3.8) is 0 Å². The maximum absolute atomic E-state index is 6.85. The van der Waals surface area contributed by atoms with Crippen molar-refractivity contribution in [1.29, 1.82) is 0 Å². The van der Waals surface area contributed by atoms with Gasteiger partial charge in [0.1, 0.15) is 12.2 Å². The summed E-state index contributed by atoms with van der Waals surface area (Å²) in [4.78, 5) is 0. The van der Waals surface area contributed by atoms with Crippen LogP contribution in [0.25, 0.3) is 0 Å². The van der Waals surface area contributed by atoms with E-state index in [9.17, 15) is 0 Å². The molecule has 0 bridgehead atoms. The van der Waals surface area contributed by atoms with Crippen molar-refractivity contribution in [3.05, 3.63) is 12.3 Å². The third kappa shape index (κ3) is 7.09. The summed E-state index contributed by atoms with van der Waals surface area (Å²) in [5, 5.41) is 0. The van der Waals surface area contributed by atoms with Crippen molar-refractivity contribution in [2.24, 2.45) is 0 Å². The van der Waals surface area contributed by atoms with Crippen LogP contribution in [0.1, 0.15) is 41.5 Å². The third-order valence-corrected chi connectivity index (χ3v) is 13.4. The van der Waals surface area contributed by atoms with Crippen LogP contribution >= 0.6 is 0 Å². The molecule has 0 saturated heterocycles. The standard InChI is InChI=1S/C21H46O4Si3/c1-16(2)28(17(3)4,18(5)6)23-15-20-21(25-27(10,11)12)19(13-14-22-20)24-26(7,8)9/h13-14,16-21H,15H2,1-12H3/t19-,20-,21+/m1/s1. The highest BCUT2D eigenvalue weighted by Crippen LogP contribution is 2.42. The normalized spacial score (nSPS) is 24.3. The smallest absolute Gasteiger partial charge is 0.200 e. The van der Waals surface area contributed by atoms with Crippen molar-refractivity contribution in [2.75, 3.05) is 6.61 Å². The summed E-state index contributed by atoms with van der Waals surface area (Å²) in [6.07, 6.45) is 3.53. The van der Waals surface area contributed by atoms with Crippen LogP contribution in [-0.2, 0) is 18.0 Å².